The van der Waals surface area contributed by atoms with Crippen molar-refractivity contribution in [2.75, 3.05) is 0 Å². The molecule has 1 aromatic heterocycles. The van der Waals surface area contributed by atoms with E-state index in [-0.39, 0.29) is 0 Å². The van der Waals surface area contributed by atoms with Crippen LogP contribution in [-0.4, -0.2) is 6.29 Å². The molecule has 2 aromatic rings. The summed E-state index contributed by atoms with van der Waals surface area (Å²) in [6, 6.07) is 7.27. The molecule has 0 saturated heterocycles. The van der Waals surface area contributed by atoms with Crippen LogP contribution >= 0.6 is 23.4 Å². The maximum atomic E-state index is 10.6. The van der Waals surface area contributed by atoms with E-state index < -0.39 is 0 Å². The van der Waals surface area contributed by atoms with Crippen molar-refractivity contribution in [3.05, 3.63) is 46.9 Å². The molecule has 0 fully saturated rings. The maximum absolute atomic E-state index is 10.6. The highest BCUT2D eigenvalue weighted by atomic mass is 35.5. The fourth-order valence-corrected chi connectivity index (χ4v) is 2.45. The zero-order valence-corrected chi connectivity index (χ0v) is 10.1. The Morgan fingerprint density at radius 2 is 2.19 bits per heavy atom. The lowest BCUT2D eigenvalue weighted by Crippen LogP contribution is -1.82. The third-order valence-corrected chi connectivity index (χ3v) is 3.60. The Morgan fingerprint density at radius 3 is 2.75 bits per heavy atom. The Bertz CT molecular complexity index is 519. The van der Waals surface area contributed by atoms with Gasteiger partial charge in [0.25, 0.3) is 0 Å². The van der Waals surface area contributed by atoms with Crippen LogP contribution in [0.25, 0.3) is 0 Å². The Hall–Kier alpha value is -1.19. The van der Waals surface area contributed by atoms with Gasteiger partial charge in [-0.3, -0.25) is 4.79 Å². The van der Waals surface area contributed by atoms with Gasteiger partial charge in [-0.15, -0.1) is 0 Å². The number of aryl methyl sites for hydroxylation is 1. The number of benzene rings is 1. The molecule has 0 bridgehead atoms. The Morgan fingerprint density at radius 1 is 1.38 bits per heavy atom. The van der Waals surface area contributed by atoms with Crippen LogP contribution in [0.2, 0.25) is 5.02 Å². The number of carbonyl (C=O) groups is 1. The maximum Gasteiger partial charge on any atom is 0.151 e. The molecule has 2 nitrogen and oxygen atoms in total. The van der Waals surface area contributed by atoms with Gasteiger partial charge in [0.05, 0.1) is 16.2 Å². The second-order valence-corrected chi connectivity index (χ2v) is 4.77. The van der Waals surface area contributed by atoms with Crippen molar-refractivity contribution in [1.82, 2.24) is 0 Å². The Balaban J connectivity index is 2.26. The second kappa shape index (κ2) is 4.76. The molecule has 0 aliphatic rings. The van der Waals surface area contributed by atoms with Crippen molar-refractivity contribution in [1.29, 1.82) is 0 Å². The van der Waals surface area contributed by atoms with E-state index in [1.165, 1.54) is 0 Å². The van der Waals surface area contributed by atoms with Gasteiger partial charge in [-0.25, -0.2) is 0 Å². The number of hydrogen-bond donors (Lipinski definition) is 0. The standard InChI is InChI=1S/C12H9ClO2S/c1-8-12(4-5-15-8)16-10-3-2-9(7-14)11(13)6-10/h2-7H,1H3. The molecule has 1 heterocycles. The average Bonchev–Trinajstić information content (AvgIpc) is 2.65. The lowest BCUT2D eigenvalue weighted by atomic mass is 10.2. The van der Waals surface area contributed by atoms with Gasteiger partial charge in [0.2, 0.25) is 0 Å². The predicted octanol–water partition coefficient (Wildman–Crippen LogP) is 4.21. The monoisotopic (exact) mass is 252 g/mol. The molecule has 0 radical (unpaired) electrons. The van der Waals surface area contributed by atoms with Crippen LogP contribution in [0.5, 0.6) is 0 Å². The molecule has 0 amide bonds. The van der Waals surface area contributed by atoms with E-state index in [4.69, 9.17) is 16.0 Å². The van der Waals surface area contributed by atoms with Crippen molar-refractivity contribution in [3.8, 4) is 0 Å². The van der Waals surface area contributed by atoms with E-state index in [0.717, 1.165) is 21.8 Å². The fraction of sp³-hybridized carbons (Fsp3) is 0.0833. The molecule has 0 aliphatic carbocycles. The van der Waals surface area contributed by atoms with Gasteiger partial charge < -0.3 is 4.42 Å². The lowest BCUT2D eigenvalue weighted by molar-refractivity contribution is 0.112. The van der Waals surface area contributed by atoms with Gasteiger partial charge in [0.15, 0.2) is 6.29 Å². The molecule has 2 rings (SSSR count). The first-order valence-electron chi connectivity index (χ1n) is 4.67. The second-order valence-electron chi connectivity index (χ2n) is 3.24. The number of aldehydes is 1. The number of carbonyl (C=O) groups excluding carboxylic acids is 1. The van der Waals surface area contributed by atoms with Gasteiger partial charge in [-0.1, -0.05) is 23.4 Å². The summed E-state index contributed by atoms with van der Waals surface area (Å²) in [6.07, 6.45) is 2.40. The van der Waals surface area contributed by atoms with E-state index in [2.05, 4.69) is 0 Å². The normalized spacial score (nSPS) is 10.4. The van der Waals surface area contributed by atoms with Gasteiger partial charge in [0, 0.05) is 10.5 Å². The summed E-state index contributed by atoms with van der Waals surface area (Å²) >= 11 is 7.50. The van der Waals surface area contributed by atoms with Gasteiger partial charge in [0.1, 0.15) is 5.76 Å². The van der Waals surface area contributed by atoms with E-state index in [0.29, 0.717) is 10.6 Å². The topological polar surface area (TPSA) is 30.2 Å². The largest absolute Gasteiger partial charge is 0.468 e. The molecule has 0 saturated carbocycles. The summed E-state index contributed by atoms with van der Waals surface area (Å²) in [5.74, 6) is 0.876. The van der Waals surface area contributed by atoms with Crippen LogP contribution in [0.4, 0.5) is 0 Å². The summed E-state index contributed by atoms with van der Waals surface area (Å²) in [5, 5.41) is 0.473. The predicted molar refractivity (Wildman–Crippen MR) is 64.4 cm³/mol. The summed E-state index contributed by atoms with van der Waals surface area (Å²) in [6.45, 7) is 1.91. The first-order chi connectivity index (χ1) is 7.70. The molecule has 0 spiro atoms. The van der Waals surface area contributed by atoms with Crippen molar-refractivity contribution in [3.63, 3.8) is 0 Å². The smallest absolute Gasteiger partial charge is 0.151 e. The minimum atomic E-state index is 0.473. The highest BCUT2D eigenvalue weighted by Gasteiger charge is 2.06. The Kier molecular flexibility index (Phi) is 3.36. The summed E-state index contributed by atoms with van der Waals surface area (Å²) < 4.78 is 5.20. The van der Waals surface area contributed by atoms with E-state index in [1.54, 1.807) is 30.2 Å². The van der Waals surface area contributed by atoms with Gasteiger partial charge in [-0.2, -0.15) is 0 Å². The summed E-state index contributed by atoms with van der Waals surface area (Å²) in [4.78, 5) is 12.6. The average molecular weight is 253 g/mol. The van der Waals surface area contributed by atoms with E-state index >= 15 is 0 Å². The first-order valence-corrected chi connectivity index (χ1v) is 5.87. The molecule has 16 heavy (non-hydrogen) atoms. The fourth-order valence-electron chi connectivity index (χ4n) is 1.27. The van der Waals surface area contributed by atoms with Crippen molar-refractivity contribution in [2.24, 2.45) is 0 Å². The van der Waals surface area contributed by atoms with Crippen molar-refractivity contribution >= 4 is 29.6 Å². The molecular formula is C12H9ClO2S. The molecular weight excluding hydrogens is 244 g/mol. The molecule has 1 aromatic carbocycles. The highest BCUT2D eigenvalue weighted by Crippen LogP contribution is 2.32. The van der Waals surface area contributed by atoms with Crippen molar-refractivity contribution < 1.29 is 9.21 Å². The third kappa shape index (κ3) is 2.31. The highest BCUT2D eigenvalue weighted by molar-refractivity contribution is 7.99. The third-order valence-electron chi connectivity index (χ3n) is 2.14. The van der Waals surface area contributed by atoms with E-state index in [1.807, 2.05) is 19.1 Å². The van der Waals surface area contributed by atoms with Crippen LogP contribution in [0.1, 0.15) is 16.1 Å². The van der Waals surface area contributed by atoms with Gasteiger partial charge >= 0.3 is 0 Å². The summed E-state index contributed by atoms with van der Waals surface area (Å²) in [5.41, 5.74) is 0.509. The first kappa shape index (κ1) is 11.3. The lowest BCUT2D eigenvalue weighted by Gasteiger charge is -2.02. The van der Waals surface area contributed by atoms with Crippen molar-refractivity contribution in [2.45, 2.75) is 16.7 Å². The molecule has 0 unspecified atom stereocenters. The molecule has 0 atom stereocenters. The quantitative estimate of drug-likeness (QED) is 0.767. The van der Waals surface area contributed by atoms with Crippen LogP contribution < -0.4 is 0 Å². The zero-order valence-electron chi connectivity index (χ0n) is 8.57. The number of rotatable bonds is 3. The minimum Gasteiger partial charge on any atom is -0.468 e. The molecule has 4 heteroatoms. The number of halogens is 1. The summed E-state index contributed by atoms with van der Waals surface area (Å²) in [7, 11) is 0. The SMILES string of the molecule is Cc1occc1Sc1ccc(C=O)c(Cl)c1. The number of hydrogen-bond acceptors (Lipinski definition) is 3. The van der Waals surface area contributed by atoms with E-state index in [9.17, 15) is 4.79 Å². The number of furan rings is 1. The molecule has 0 aliphatic heterocycles. The minimum absolute atomic E-state index is 0.473. The zero-order chi connectivity index (χ0) is 11.5. The van der Waals surface area contributed by atoms with Crippen LogP contribution in [0.15, 0.2) is 44.7 Å². The Labute approximate surface area is 103 Å². The van der Waals surface area contributed by atoms with Crippen LogP contribution in [-0.2, 0) is 0 Å². The van der Waals surface area contributed by atoms with Gasteiger partial charge in [-0.05, 0) is 31.2 Å². The van der Waals surface area contributed by atoms with Crippen LogP contribution in [0.3, 0.4) is 0 Å². The molecule has 0 N–H and O–H groups in total. The molecule has 82 valence electrons. The van der Waals surface area contributed by atoms with Crippen LogP contribution in [0, 0.1) is 6.92 Å².